The fourth-order valence-corrected chi connectivity index (χ4v) is 1.36. The van der Waals surface area contributed by atoms with Crippen molar-refractivity contribution in [3.05, 3.63) is 54.0 Å². The predicted molar refractivity (Wildman–Crippen MR) is 57.2 cm³/mol. The van der Waals surface area contributed by atoms with Crippen molar-refractivity contribution in [1.82, 2.24) is 0 Å². The molecule has 2 rings (SSSR count). The Labute approximate surface area is 83.6 Å². The number of furan rings is 1. The van der Waals surface area contributed by atoms with E-state index in [4.69, 9.17) is 4.42 Å². The monoisotopic (exact) mass is 187 g/mol. The van der Waals surface area contributed by atoms with Gasteiger partial charge in [0.25, 0.3) is 0 Å². The first-order chi connectivity index (χ1) is 6.84. The molecule has 0 saturated carbocycles. The molecule has 0 aliphatic rings. The minimum Gasteiger partial charge on any atom is -0.467 e. The number of hydrogen-bond donors (Lipinski definition) is 1. The minimum atomic E-state index is 0.733. The van der Waals surface area contributed by atoms with E-state index in [1.165, 1.54) is 5.56 Å². The maximum absolute atomic E-state index is 5.22. The summed E-state index contributed by atoms with van der Waals surface area (Å²) in [6.45, 7) is 2.81. The van der Waals surface area contributed by atoms with Crippen LogP contribution in [0.3, 0.4) is 0 Å². The molecule has 0 fully saturated rings. The van der Waals surface area contributed by atoms with E-state index < -0.39 is 0 Å². The van der Waals surface area contributed by atoms with Crippen LogP contribution in [0, 0.1) is 6.92 Å². The van der Waals surface area contributed by atoms with Crippen molar-refractivity contribution in [2.24, 2.45) is 0 Å². The van der Waals surface area contributed by atoms with Crippen LogP contribution < -0.4 is 5.32 Å². The lowest BCUT2D eigenvalue weighted by Gasteiger charge is -2.04. The molecule has 0 aliphatic heterocycles. The lowest BCUT2D eigenvalue weighted by atomic mass is 10.2. The number of hydrogen-bond acceptors (Lipinski definition) is 2. The van der Waals surface area contributed by atoms with Gasteiger partial charge in [0.2, 0.25) is 0 Å². The van der Waals surface area contributed by atoms with Crippen LogP contribution in [-0.2, 0) is 6.54 Å². The first-order valence-corrected chi connectivity index (χ1v) is 4.67. The molecule has 72 valence electrons. The first kappa shape index (κ1) is 8.88. The average Bonchev–Trinajstić information content (AvgIpc) is 2.67. The summed E-state index contributed by atoms with van der Waals surface area (Å²) >= 11 is 0. The summed E-state index contributed by atoms with van der Waals surface area (Å²) in [4.78, 5) is 0. The predicted octanol–water partition coefficient (Wildman–Crippen LogP) is 3.20. The molecule has 2 nitrogen and oxygen atoms in total. The summed E-state index contributed by atoms with van der Waals surface area (Å²) in [5.41, 5.74) is 2.39. The fraction of sp³-hybridized carbons (Fsp3) is 0.167. The third kappa shape index (κ3) is 2.16. The molecule has 1 heterocycles. The quantitative estimate of drug-likeness (QED) is 0.798. The SMILES string of the molecule is Cc1cccc(NCc2ccco2)c1. The van der Waals surface area contributed by atoms with E-state index in [2.05, 4.69) is 30.4 Å². The topological polar surface area (TPSA) is 25.2 Å². The normalized spacial score (nSPS) is 10.1. The van der Waals surface area contributed by atoms with Crippen molar-refractivity contribution >= 4 is 5.69 Å². The van der Waals surface area contributed by atoms with Gasteiger partial charge in [-0.05, 0) is 36.8 Å². The van der Waals surface area contributed by atoms with Crippen molar-refractivity contribution in [2.75, 3.05) is 5.32 Å². The van der Waals surface area contributed by atoms with Crippen molar-refractivity contribution in [2.45, 2.75) is 13.5 Å². The summed E-state index contributed by atoms with van der Waals surface area (Å²) in [6.07, 6.45) is 1.69. The largest absolute Gasteiger partial charge is 0.467 e. The van der Waals surface area contributed by atoms with E-state index in [-0.39, 0.29) is 0 Å². The molecule has 0 spiro atoms. The van der Waals surface area contributed by atoms with Gasteiger partial charge in [-0.25, -0.2) is 0 Å². The molecule has 1 N–H and O–H groups in total. The standard InChI is InChI=1S/C12H13NO/c1-10-4-2-5-11(8-10)13-9-12-6-3-7-14-12/h2-8,13H,9H2,1H3. The van der Waals surface area contributed by atoms with E-state index >= 15 is 0 Å². The van der Waals surface area contributed by atoms with Crippen LogP contribution in [-0.4, -0.2) is 0 Å². The number of benzene rings is 1. The van der Waals surface area contributed by atoms with Gasteiger partial charge in [0.05, 0.1) is 12.8 Å². The molecule has 0 radical (unpaired) electrons. The summed E-state index contributed by atoms with van der Waals surface area (Å²) in [5, 5.41) is 3.29. The van der Waals surface area contributed by atoms with Gasteiger partial charge in [-0.15, -0.1) is 0 Å². The van der Waals surface area contributed by atoms with Crippen molar-refractivity contribution in [3.63, 3.8) is 0 Å². The average molecular weight is 187 g/mol. The molecule has 0 aliphatic carbocycles. The molecule has 0 saturated heterocycles. The second-order valence-corrected chi connectivity index (χ2v) is 3.30. The maximum atomic E-state index is 5.22. The number of anilines is 1. The van der Waals surface area contributed by atoms with E-state index in [9.17, 15) is 0 Å². The van der Waals surface area contributed by atoms with Gasteiger partial charge in [-0.1, -0.05) is 12.1 Å². The first-order valence-electron chi connectivity index (χ1n) is 4.67. The van der Waals surface area contributed by atoms with E-state index in [1.54, 1.807) is 6.26 Å². The highest BCUT2D eigenvalue weighted by atomic mass is 16.3. The third-order valence-corrected chi connectivity index (χ3v) is 2.06. The van der Waals surface area contributed by atoms with Crippen LogP contribution in [0.5, 0.6) is 0 Å². The molecule has 2 aromatic rings. The van der Waals surface area contributed by atoms with Gasteiger partial charge in [0, 0.05) is 5.69 Å². The van der Waals surface area contributed by atoms with E-state index in [0.717, 1.165) is 18.0 Å². The zero-order chi connectivity index (χ0) is 9.80. The van der Waals surface area contributed by atoms with Gasteiger partial charge < -0.3 is 9.73 Å². The van der Waals surface area contributed by atoms with E-state index in [0.29, 0.717) is 0 Å². The Morgan fingerprint density at radius 2 is 2.14 bits per heavy atom. The summed E-state index contributed by atoms with van der Waals surface area (Å²) in [6, 6.07) is 12.1. The number of nitrogens with one attached hydrogen (secondary N) is 1. The van der Waals surface area contributed by atoms with Gasteiger partial charge in [0.15, 0.2) is 0 Å². The molecular weight excluding hydrogens is 174 g/mol. The van der Waals surface area contributed by atoms with Gasteiger partial charge in [0.1, 0.15) is 5.76 Å². The molecule has 14 heavy (non-hydrogen) atoms. The smallest absolute Gasteiger partial charge is 0.122 e. The molecule has 0 atom stereocenters. The summed E-state index contributed by atoms with van der Waals surface area (Å²) in [5.74, 6) is 0.950. The minimum absolute atomic E-state index is 0.733. The van der Waals surface area contributed by atoms with Crippen LogP contribution in [0.1, 0.15) is 11.3 Å². The van der Waals surface area contributed by atoms with Crippen LogP contribution in [0.2, 0.25) is 0 Å². The highest BCUT2D eigenvalue weighted by Gasteiger charge is 1.95. The number of rotatable bonds is 3. The second kappa shape index (κ2) is 4.01. The van der Waals surface area contributed by atoms with Crippen molar-refractivity contribution in [1.29, 1.82) is 0 Å². The van der Waals surface area contributed by atoms with Gasteiger partial charge in [-0.2, -0.15) is 0 Å². The Bertz CT molecular complexity index is 392. The van der Waals surface area contributed by atoms with Crippen LogP contribution in [0.4, 0.5) is 5.69 Å². The molecule has 0 bridgehead atoms. The zero-order valence-corrected chi connectivity index (χ0v) is 8.16. The zero-order valence-electron chi connectivity index (χ0n) is 8.16. The summed E-state index contributed by atoms with van der Waals surface area (Å²) < 4.78 is 5.22. The number of aryl methyl sites for hydroxylation is 1. The van der Waals surface area contributed by atoms with E-state index in [1.807, 2.05) is 18.2 Å². The Balaban J connectivity index is 1.98. The second-order valence-electron chi connectivity index (χ2n) is 3.30. The Kier molecular flexibility index (Phi) is 2.54. The Morgan fingerprint density at radius 3 is 2.86 bits per heavy atom. The lowest BCUT2D eigenvalue weighted by molar-refractivity contribution is 0.518. The van der Waals surface area contributed by atoms with Crippen LogP contribution >= 0.6 is 0 Å². The summed E-state index contributed by atoms with van der Waals surface area (Å²) in [7, 11) is 0. The maximum Gasteiger partial charge on any atom is 0.122 e. The highest BCUT2D eigenvalue weighted by Crippen LogP contribution is 2.11. The lowest BCUT2D eigenvalue weighted by Crippen LogP contribution is -1.97. The van der Waals surface area contributed by atoms with Gasteiger partial charge >= 0.3 is 0 Å². The molecular formula is C12H13NO. The van der Waals surface area contributed by atoms with Crippen molar-refractivity contribution < 1.29 is 4.42 Å². The Morgan fingerprint density at radius 1 is 1.21 bits per heavy atom. The Hall–Kier alpha value is -1.70. The molecule has 1 aromatic carbocycles. The van der Waals surface area contributed by atoms with Crippen LogP contribution in [0.25, 0.3) is 0 Å². The molecule has 2 heteroatoms. The highest BCUT2D eigenvalue weighted by molar-refractivity contribution is 5.45. The van der Waals surface area contributed by atoms with Crippen molar-refractivity contribution in [3.8, 4) is 0 Å². The fourth-order valence-electron chi connectivity index (χ4n) is 1.36. The third-order valence-electron chi connectivity index (χ3n) is 2.06. The molecule has 0 unspecified atom stereocenters. The molecule has 0 amide bonds. The van der Waals surface area contributed by atoms with Gasteiger partial charge in [-0.3, -0.25) is 0 Å². The van der Waals surface area contributed by atoms with Crippen LogP contribution in [0.15, 0.2) is 47.1 Å². The molecule has 1 aromatic heterocycles.